The van der Waals surface area contributed by atoms with E-state index in [1.165, 1.54) is 18.2 Å². The van der Waals surface area contributed by atoms with Gasteiger partial charge in [0.1, 0.15) is 10.7 Å². The zero-order valence-corrected chi connectivity index (χ0v) is 17.0. The molecule has 12 heteroatoms. The van der Waals surface area contributed by atoms with Gasteiger partial charge in [0.25, 0.3) is 5.91 Å². The second-order valence-electron chi connectivity index (χ2n) is 5.74. The average molecular weight is 480 g/mol. The van der Waals surface area contributed by atoms with Crippen LogP contribution in [-0.4, -0.2) is 25.7 Å². The lowest BCUT2D eigenvalue weighted by atomic mass is 10.1. The van der Waals surface area contributed by atoms with Crippen LogP contribution in [0.4, 0.5) is 8.78 Å². The number of H-pyrrole nitrogens is 1. The predicted octanol–water partition coefficient (Wildman–Crippen LogP) is 3.85. The Bertz CT molecular complexity index is 1080. The summed E-state index contributed by atoms with van der Waals surface area (Å²) in [7, 11) is -5.69. The van der Waals surface area contributed by atoms with Gasteiger partial charge >= 0.3 is 13.3 Å². The first-order valence-electron chi connectivity index (χ1n) is 7.45. The van der Waals surface area contributed by atoms with Crippen molar-refractivity contribution >= 4 is 50.9 Å². The van der Waals surface area contributed by atoms with Crippen LogP contribution >= 0.6 is 34.9 Å². The van der Waals surface area contributed by atoms with E-state index in [-0.39, 0.29) is 22.0 Å². The quantitative estimate of drug-likeness (QED) is 0.415. The Kier molecular flexibility index (Phi) is 5.26. The minimum absolute atomic E-state index is 0.146. The number of aromatic amines is 1. The van der Waals surface area contributed by atoms with Crippen LogP contribution in [0.1, 0.15) is 26.8 Å². The number of thiophene rings is 1. The molecular formula is C15H13BrF2N3O4PS. The molecule has 0 saturated heterocycles. The smallest absolute Gasteiger partial charge is 0.345 e. The second-order valence-corrected chi connectivity index (χ2v) is 9.23. The number of fused-ring (bicyclic) bond motifs is 1. The lowest BCUT2D eigenvalue weighted by molar-refractivity contribution is 0.0595. The highest BCUT2D eigenvalue weighted by molar-refractivity contribution is 9.10. The molecule has 0 spiro atoms. The van der Waals surface area contributed by atoms with Crippen molar-refractivity contribution in [2.75, 3.05) is 0 Å². The number of aryl methyl sites for hydroxylation is 1. The maximum Gasteiger partial charge on any atom is 0.400 e. The molecule has 2 heterocycles. The van der Waals surface area contributed by atoms with Gasteiger partial charge in [-0.15, -0.1) is 11.3 Å². The number of amides is 1. The van der Waals surface area contributed by atoms with E-state index in [9.17, 15) is 18.1 Å². The molecule has 3 rings (SSSR count). The van der Waals surface area contributed by atoms with Gasteiger partial charge in [0, 0.05) is 32.0 Å². The maximum atomic E-state index is 14.1. The van der Waals surface area contributed by atoms with Crippen molar-refractivity contribution in [3.05, 3.63) is 50.8 Å². The second kappa shape index (κ2) is 7.06. The van der Waals surface area contributed by atoms with Gasteiger partial charge in [-0.05, 0) is 41.1 Å². The van der Waals surface area contributed by atoms with Crippen LogP contribution < -0.4 is 5.32 Å². The number of hydrogen-bond donors (Lipinski definition) is 4. The highest BCUT2D eigenvalue weighted by Gasteiger charge is 2.53. The van der Waals surface area contributed by atoms with Crippen LogP contribution in [0.5, 0.6) is 0 Å². The minimum Gasteiger partial charge on any atom is -0.345 e. The fourth-order valence-corrected chi connectivity index (χ4v) is 5.28. The molecule has 144 valence electrons. The number of nitrogens with one attached hydrogen (secondary N) is 2. The summed E-state index contributed by atoms with van der Waals surface area (Å²) in [4.78, 5) is 36.4. The van der Waals surface area contributed by atoms with Crippen LogP contribution in [0, 0.1) is 6.92 Å². The van der Waals surface area contributed by atoms with Gasteiger partial charge in [0.05, 0.1) is 6.54 Å². The molecule has 2 aromatic heterocycles. The zero-order valence-electron chi connectivity index (χ0n) is 13.7. The molecule has 0 bridgehead atoms. The molecule has 0 aliphatic rings. The molecule has 1 amide bonds. The molecule has 1 aromatic carbocycles. The summed E-state index contributed by atoms with van der Waals surface area (Å²) >= 11 is 3.54. The molecule has 0 aliphatic heterocycles. The Morgan fingerprint density at radius 1 is 1.44 bits per heavy atom. The number of carbonyl (C=O) groups excluding carboxylic acids is 1. The number of benzene rings is 1. The van der Waals surface area contributed by atoms with Gasteiger partial charge in [0.15, 0.2) is 0 Å². The SMILES string of the molecule is Cc1cnc(CNC(=O)c2ccc3sc(C(F)(F)P(=O)(O)O)c(Br)c3c2)[nH]1. The molecule has 0 fully saturated rings. The third-order valence-electron chi connectivity index (χ3n) is 3.70. The number of alkyl halides is 2. The van der Waals surface area contributed by atoms with E-state index >= 15 is 0 Å². The first-order chi connectivity index (χ1) is 12.5. The molecule has 4 N–H and O–H groups in total. The first kappa shape index (κ1) is 20.1. The number of hydrogen-bond acceptors (Lipinski definition) is 4. The Balaban J connectivity index is 1.90. The molecular weight excluding hydrogens is 467 g/mol. The van der Waals surface area contributed by atoms with Crippen LogP contribution in [0.3, 0.4) is 0 Å². The van der Waals surface area contributed by atoms with Crippen molar-refractivity contribution in [1.29, 1.82) is 0 Å². The Hall–Kier alpha value is -1.65. The number of imidazole rings is 1. The summed E-state index contributed by atoms with van der Waals surface area (Å²) in [5, 5.41) is 2.92. The summed E-state index contributed by atoms with van der Waals surface area (Å²) in [6, 6.07) is 4.29. The van der Waals surface area contributed by atoms with Gasteiger partial charge in [0.2, 0.25) is 0 Å². The van der Waals surface area contributed by atoms with Gasteiger partial charge in [-0.2, -0.15) is 8.78 Å². The van der Waals surface area contributed by atoms with E-state index in [0.29, 0.717) is 21.9 Å². The highest BCUT2D eigenvalue weighted by Crippen LogP contribution is 2.62. The molecule has 0 atom stereocenters. The number of carbonyl (C=O) groups is 1. The average Bonchev–Trinajstić information content (AvgIpc) is 3.15. The van der Waals surface area contributed by atoms with E-state index in [1.807, 2.05) is 6.92 Å². The number of halogens is 3. The monoisotopic (exact) mass is 479 g/mol. The van der Waals surface area contributed by atoms with Gasteiger partial charge in [-0.25, -0.2) is 4.98 Å². The maximum absolute atomic E-state index is 14.1. The van der Waals surface area contributed by atoms with Crippen molar-refractivity contribution in [3.8, 4) is 0 Å². The molecule has 3 aromatic rings. The summed E-state index contributed by atoms with van der Waals surface area (Å²) in [5.41, 5.74) is -3.26. The van der Waals surface area contributed by atoms with Crippen LogP contribution in [-0.2, 0) is 16.8 Å². The summed E-state index contributed by atoms with van der Waals surface area (Å²) in [5.74, 6) is 0.134. The largest absolute Gasteiger partial charge is 0.400 e. The lowest BCUT2D eigenvalue weighted by Crippen LogP contribution is -2.23. The standard InChI is InChI=1S/C15H13BrF2N3O4PS/c1-7-5-19-11(21-7)6-20-14(22)8-2-3-10-9(4-8)12(16)13(27-10)15(17,18)26(23,24)25/h2-5H,6H2,1H3,(H,19,21)(H,20,22)(H2,23,24,25). The Morgan fingerprint density at radius 3 is 2.74 bits per heavy atom. The highest BCUT2D eigenvalue weighted by atomic mass is 79.9. The van der Waals surface area contributed by atoms with Crippen LogP contribution in [0.25, 0.3) is 10.1 Å². The summed E-state index contributed by atoms with van der Waals surface area (Å²) in [6.45, 7) is 1.99. The van der Waals surface area contributed by atoms with Crippen molar-refractivity contribution in [3.63, 3.8) is 0 Å². The number of aromatic nitrogens is 2. The van der Waals surface area contributed by atoms with Gasteiger partial charge in [-0.1, -0.05) is 0 Å². The third kappa shape index (κ3) is 3.83. The van der Waals surface area contributed by atoms with Crippen molar-refractivity contribution in [2.45, 2.75) is 19.1 Å². The Labute approximate surface area is 164 Å². The van der Waals surface area contributed by atoms with Crippen LogP contribution in [0.15, 0.2) is 28.9 Å². The van der Waals surface area contributed by atoms with E-state index < -0.39 is 24.0 Å². The normalized spacial score (nSPS) is 12.5. The van der Waals surface area contributed by atoms with Gasteiger partial charge < -0.3 is 20.1 Å². The fraction of sp³-hybridized carbons (Fsp3) is 0.200. The molecule has 0 aliphatic carbocycles. The topological polar surface area (TPSA) is 115 Å². The van der Waals surface area contributed by atoms with E-state index in [2.05, 4.69) is 31.2 Å². The lowest BCUT2D eigenvalue weighted by Gasteiger charge is -2.16. The fourth-order valence-electron chi connectivity index (χ4n) is 2.36. The number of nitrogens with zero attached hydrogens (tertiary/aromatic N) is 1. The predicted molar refractivity (Wildman–Crippen MR) is 100.0 cm³/mol. The number of rotatable bonds is 5. The van der Waals surface area contributed by atoms with Crippen molar-refractivity contribution < 1.29 is 27.9 Å². The van der Waals surface area contributed by atoms with Gasteiger partial charge in [-0.3, -0.25) is 9.36 Å². The van der Waals surface area contributed by atoms with Crippen molar-refractivity contribution in [1.82, 2.24) is 15.3 Å². The summed E-state index contributed by atoms with van der Waals surface area (Å²) in [6.07, 6.45) is 1.62. The summed E-state index contributed by atoms with van der Waals surface area (Å²) < 4.78 is 39.5. The minimum atomic E-state index is -5.69. The van der Waals surface area contributed by atoms with Crippen molar-refractivity contribution in [2.24, 2.45) is 0 Å². The van der Waals surface area contributed by atoms with E-state index in [1.54, 1.807) is 6.20 Å². The van der Waals surface area contributed by atoms with E-state index in [4.69, 9.17) is 9.79 Å². The molecule has 7 nitrogen and oxygen atoms in total. The molecule has 0 saturated carbocycles. The van der Waals surface area contributed by atoms with Crippen LogP contribution in [0.2, 0.25) is 0 Å². The Morgan fingerprint density at radius 2 is 2.15 bits per heavy atom. The molecule has 0 unspecified atom stereocenters. The first-order valence-corrected chi connectivity index (χ1v) is 10.7. The molecule has 0 radical (unpaired) electrons. The molecule has 27 heavy (non-hydrogen) atoms. The van der Waals surface area contributed by atoms with E-state index in [0.717, 1.165) is 5.69 Å². The third-order valence-corrected chi connectivity index (χ3v) is 7.13. The zero-order chi connectivity index (χ0) is 20.0.